The van der Waals surface area contributed by atoms with Crippen LogP contribution in [0, 0.1) is 0 Å². The SMILES string of the molecule is CCCn1c(N)c(C(=O)CN2CCC[C@@H](c3nnc4n3CCCCC4)C2)c(=O)n(C)c1=O. The van der Waals surface area contributed by atoms with Crippen molar-refractivity contribution in [2.45, 2.75) is 70.9 Å². The normalized spacial score (nSPS) is 19.5. The first-order valence-electron chi connectivity index (χ1n) is 11.7. The van der Waals surface area contributed by atoms with E-state index in [2.05, 4.69) is 19.7 Å². The van der Waals surface area contributed by atoms with Gasteiger partial charge in [0.25, 0.3) is 5.56 Å². The van der Waals surface area contributed by atoms with Gasteiger partial charge in [0.2, 0.25) is 0 Å². The third kappa shape index (κ3) is 4.15. The lowest BCUT2D eigenvalue weighted by atomic mass is 9.96. The Morgan fingerprint density at radius 2 is 1.94 bits per heavy atom. The van der Waals surface area contributed by atoms with Gasteiger partial charge in [-0.3, -0.25) is 23.6 Å². The minimum atomic E-state index is -0.624. The van der Waals surface area contributed by atoms with Gasteiger partial charge < -0.3 is 10.3 Å². The molecule has 2 aliphatic heterocycles. The van der Waals surface area contributed by atoms with Crippen LogP contribution in [0.4, 0.5) is 5.82 Å². The number of fused-ring (bicyclic) bond motifs is 1. The first-order chi connectivity index (χ1) is 15.4. The molecule has 4 rings (SSSR count). The predicted octanol–water partition coefficient (Wildman–Crippen LogP) is 0.919. The van der Waals surface area contributed by atoms with E-state index in [4.69, 9.17) is 5.73 Å². The topological polar surface area (TPSA) is 121 Å². The second kappa shape index (κ2) is 9.40. The van der Waals surface area contributed by atoms with Crippen molar-refractivity contribution in [1.82, 2.24) is 28.8 Å². The molecule has 0 aromatic carbocycles. The molecule has 10 heteroatoms. The van der Waals surface area contributed by atoms with Crippen LogP contribution in [-0.4, -0.2) is 54.2 Å². The summed E-state index contributed by atoms with van der Waals surface area (Å²) in [6.07, 6.45) is 7.11. The number of rotatable bonds is 6. The summed E-state index contributed by atoms with van der Waals surface area (Å²) in [5.74, 6) is 1.94. The summed E-state index contributed by atoms with van der Waals surface area (Å²) in [7, 11) is 1.39. The van der Waals surface area contributed by atoms with E-state index in [1.807, 2.05) is 6.92 Å². The number of carbonyl (C=O) groups is 1. The van der Waals surface area contributed by atoms with Crippen molar-refractivity contribution >= 4 is 11.6 Å². The molecule has 10 nitrogen and oxygen atoms in total. The summed E-state index contributed by atoms with van der Waals surface area (Å²) in [6, 6.07) is 0. The number of carbonyl (C=O) groups excluding carboxylic acids is 1. The molecule has 32 heavy (non-hydrogen) atoms. The first kappa shape index (κ1) is 22.4. The zero-order chi connectivity index (χ0) is 22.8. The van der Waals surface area contributed by atoms with E-state index in [1.54, 1.807) is 0 Å². The highest BCUT2D eigenvalue weighted by molar-refractivity contribution is 6.01. The van der Waals surface area contributed by atoms with Gasteiger partial charge in [-0.05, 0) is 38.6 Å². The fraction of sp³-hybridized carbons (Fsp3) is 0.682. The van der Waals surface area contributed by atoms with Crippen LogP contribution in [0.5, 0.6) is 0 Å². The number of nitrogens with zero attached hydrogens (tertiary/aromatic N) is 6. The molecule has 0 saturated carbocycles. The predicted molar refractivity (Wildman–Crippen MR) is 121 cm³/mol. The highest BCUT2D eigenvalue weighted by Gasteiger charge is 2.30. The number of Topliss-reactive ketones (excluding diaryl/α,β-unsaturated/α-hetero) is 1. The van der Waals surface area contributed by atoms with Gasteiger partial charge >= 0.3 is 5.69 Å². The zero-order valence-corrected chi connectivity index (χ0v) is 19.0. The Morgan fingerprint density at radius 1 is 1.12 bits per heavy atom. The van der Waals surface area contributed by atoms with Crippen molar-refractivity contribution in [2.24, 2.45) is 7.05 Å². The van der Waals surface area contributed by atoms with Gasteiger partial charge in [-0.2, -0.15) is 0 Å². The maximum absolute atomic E-state index is 13.2. The van der Waals surface area contributed by atoms with Crippen LogP contribution in [0.15, 0.2) is 9.59 Å². The summed E-state index contributed by atoms with van der Waals surface area (Å²) in [5.41, 5.74) is 4.93. The van der Waals surface area contributed by atoms with E-state index < -0.39 is 11.2 Å². The molecule has 2 aliphatic rings. The van der Waals surface area contributed by atoms with Gasteiger partial charge in [-0.15, -0.1) is 10.2 Å². The minimum Gasteiger partial charge on any atom is -0.384 e. The Hall–Kier alpha value is -2.75. The van der Waals surface area contributed by atoms with Crippen molar-refractivity contribution in [2.75, 3.05) is 25.4 Å². The average molecular weight is 444 g/mol. The standard InChI is InChI=1S/C22H33N7O3/c1-3-10-29-19(23)18(21(31)26(2)22(29)32)16(30)14-27-11-7-8-15(13-27)20-25-24-17-9-5-4-6-12-28(17)20/h15H,3-14,23H2,1-2H3/t15-/m1/s1. The molecule has 0 unspecified atom stereocenters. The van der Waals surface area contributed by atoms with E-state index in [1.165, 1.54) is 18.0 Å². The summed E-state index contributed by atoms with van der Waals surface area (Å²) >= 11 is 0. The van der Waals surface area contributed by atoms with Crippen molar-refractivity contribution in [3.63, 3.8) is 0 Å². The van der Waals surface area contributed by atoms with Gasteiger partial charge in [-0.25, -0.2) is 4.79 Å². The van der Waals surface area contributed by atoms with E-state index in [0.717, 1.165) is 61.4 Å². The van der Waals surface area contributed by atoms with Crippen molar-refractivity contribution in [1.29, 1.82) is 0 Å². The van der Waals surface area contributed by atoms with Crippen LogP contribution in [0.2, 0.25) is 0 Å². The molecule has 1 fully saturated rings. The Balaban J connectivity index is 1.54. The van der Waals surface area contributed by atoms with E-state index in [0.29, 0.717) is 19.5 Å². The number of aromatic nitrogens is 5. The molecule has 4 heterocycles. The van der Waals surface area contributed by atoms with E-state index in [9.17, 15) is 14.4 Å². The second-order valence-corrected chi connectivity index (χ2v) is 8.99. The van der Waals surface area contributed by atoms with Gasteiger partial charge in [0, 0.05) is 39.0 Å². The molecule has 2 N–H and O–H groups in total. The molecule has 0 radical (unpaired) electrons. The monoisotopic (exact) mass is 443 g/mol. The first-order valence-corrected chi connectivity index (χ1v) is 11.7. The van der Waals surface area contributed by atoms with Crippen LogP contribution < -0.4 is 17.0 Å². The summed E-state index contributed by atoms with van der Waals surface area (Å²) < 4.78 is 4.57. The molecule has 0 amide bonds. The lowest BCUT2D eigenvalue weighted by Crippen LogP contribution is -2.45. The Morgan fingerprint density at radius 3 is 2.72 bits per heavy atom. The van der Waals surface area contributed by atoms with Gasteiger partial charge in [0.1, 0.15) is 23.0 Å². The number of hydrogen-bond acceptors (Lipinski definition) is 7. The van der Waals surface area contributed by atoms with Crippen LogP contribution in [0.1, 0.15) is 73.4 Å². The fourth-order valence-corrected chi connectivity index (χ4v) is 4.99. The maximum atomic E-state index is 13.2. The third-order valence-corrected chi connectivity index (χ3v) is 6.69. The molecule has 0 bridgehead atoms. The lowest BCUT2D eigenvalue weighted by molar-refractivity contribution is 0.0902. The lowest BCUT2D eigenvalue weighted by Gasteiger charge is -2.32. The Labute approximate surface area is 187 Å². The summed E-state index contributed by atoms with van der Waals surface area (Å²) in [4.78, 5) is 40.3. The number of hydrogen-bond donors (Lipinski definition) is 1. The Bertz CT molecular complexity index is 1110. The molecule has 1 atom stereocenters. The largest absolute Gasteiger partial charge is 0.384 e. The molecule has 0 spiro atoms. The molecular formula is C22H33N7O3. The molecular weight excluding hydrogens is 410 g/mol. The number of ketones is 1. The molecule has 2 aromatic heterocycles. The smallest absolute Gasteiger partial charge is 0.332 e. The highest BCUT2D eigenvalue weighted by atomic mass is 16.2. The van der Waals surface area contributed by atoms with Crippen LogP contribution in [-0.2, 0) is 26.6 Å². The number of nitrogen functional groups attached to an aromatic ring is 1. The van der Waals surface area contributed by atoms with E-state index in [-0.39, 0.29) is 29.6 Å². The summed E-state index contributed by atoms with van der Waals surface area (Å²) in [5, 5.41) is 8.93. The number of piperidine rings is 1. The summed E-state index contributed by atoms with van der Waals surface area (Å²) in [6.45, 7) is 4.80. The van der Waals surface area contributed by atoms with Crippen LogP contribution >= 0.6 is 0 Å². The number of aryl methyl sites for hydroxylation is 1. The Kier molecular flexibility index (Phi) is 6.59. The van der Waals surface area contributed by atoms with Crippen LogP contribution in [0.3, 0.4) is 0 Å². The minimum absolute atomic E-state index is 0.0266. The second-order valence-electron chi connectivity index (χ2n) is 8.99. The number of nitrogens with two attached hydrogens (primary N) is 1. The van der Waals surface area contributed by atoms with Gasteiger partial charge in [-0.1, -0.05) is 13.3 Å². The highest BCUT2D eigenvalue weighted by Crippen LogP contribution is 2.28. The molecule has 2 aromatic rings. The van der Waals surface area contributed by atoms with Gasteiger partial charge in [0.05, 0.1) is 6.54 Å². The quantitative estimate of drug-likeness (QED) is 0.659. The molecule has 1 saturated heterocycles. The fourth-order valence-electron chi connectivity index (χ4n) is 4.99. The maximum Gasteiger partial charge on any atom is 0.332 e. The third-order valence-electron chi connectivity index (χ3n) is 6.69. The molecule has 174 valence electrons. The van der Waals surface area contributed by atoms with Crippen molar-refractivity contribution in [3.8, 4) is 0 Å². The average Bonchev–Trinajstić information content (AvgIpc) is 3.04. The number of anilines is 1. The van der Waals surface area contributed by atoms with Gasteiger partial charge in [0.15, 0.2) is 5.78 Å². The molecule has 0 aliphatic carbocycles. The van der Waals surface area contributed by atoms with E-state index >= 15 is 0 Å². The number of likely N-dealkylation sites (tertiary alicyclic amines) is 1. The van der Waals surface area contributed by atoms with Crippen LogP contribution in [0.25, 0.3) is 0 Å². The van der Waals surface area contributed by atoms with Crippen molar-refractivity contribution in [3.05, 3.63) is 38.1 Å². The van der Waals surface area contributed by atoms with Crippen molar-refractivity contribution < 1.29 is 4.79 Å². The zero-order valence-electron chi connectivity index (χ0n) is 19.0.